The van der Waals surface area contributed by atoms with Gasteiger partial charge in [0.05, 0.1) is 22.9 Å². The SMILES string of the molecule is CC(=O)Nc1ccc(Sc2ccnc(Nc3cccc(C#N)c3)n2)cc1C#N. The highest BCUT2D eigenvalue weighted by molar-refractivity contribution is 7.99. The van der Waals surface area contributed by atoms with E-state index >= 15 is 0 Å². The van der Waals surface area contributed by atoms with E-state index in [0.29, 0.717) is 33.5 Å². The Labute approximate surface area is 166 Å². The molecule has 0 saturated heterocycles. The van der Waals surface area contributed by atoms with Gasteiger partial charge in [0.25, 0.3) is 0 Å². The normalized spacial score (nSPS) is 9.82. The molecule has 28 heavy (non-hydrogen) atoms. The molecular formula is C20H14N6OS. The molecule has 1 heterocycles. The highest BCUT2D eigenvalue weighted by atomic mass is 32.2. The fourth-order valence-corrected chi connectivity index (χ4v) is 3.17. The number of anilines is 3. The lowest BCUT2D eigenvalue weighted by molar-refractivity contribution is -0.114. The first-order chi connectivity index (χ1) is 13.6. The molecule has 0 fully saturated rings. The minimum absolute atomic E-state index is 0.233. The van der Waals surface area contributed by atoms with Crippen molar-refractivity contribution in [2.24, 2.45) is 0 Å². The van der Waals surface area contributed by atoms with Crippen LogP contribution < -0.4 is 10.6 Å². The molecule has 0 aliphatic heterocycles. The van der Waals surface area contributed by atoms with Gasteiger partial charge in [-0.05, 0) is 42.5 Å². The van der Waals surface area contributed by atoms with Crippen LogP contribution >= 0.6 is 11.8 Å². The number of amides is 1. The van der Waals surface area contributed by atoms with Crippen LogP contribution in [0.2, 0.25) is 0 Å². The van der Waals surface area contributed by atoms with E-state index in [1.165, 1.54) is 18.7 Å². The van der Waals surface area contributed by atoms with Crippen LogP contribution in [-0.2, 0) is 4.79 Å². The third-order valence-corrected chi connectivity index (χ3v) is 4.45. The Morgan fingerprint density at radius 3 is 2.71 bits per heavy atom. The Kier molecular flexibility index (Phi) is 5.85. The van der Waals surface area contributed by atoms with Crippen LogP contribution in [0, 0.1) is 22.7 Å². The van der Waals surface area contributed by atoms with Gasteiger partial charge in [0.15, 0.2) is 0 Å². The molecule has 3 aromatic rings. The average Bonchev–Trinajstić information content (AvgIpc) is 2.69. The van der Waals surface area contributed by atoms with E-state index in [-0.39, 0.29) is 5.91 Å². The summed E-state index contributed by atoms with van der Waals surface area (Å²) in [7, 11) is 0. The van der Waals surface area contributed by atoms with E-state index in [1.807, 2.05) is 12.1 Å². The predicted molar refractivity (Wildman–Crippen MR) is 106 cm³/mol. The monoisotopic (exact) mass is 386 g/mol. The van der Waals surface area contributed by atoms with E-state index in [4.69, 9.17) is 5.26 Å². The van der Waals surface area contributed by atoms with Crippen LogP contribution in [0.15, 0.2) is 64.6 Å². The van der Waals surface area contributed by atoms with Crippen molar-refractivity contribution in [2.45, 2.75) is 16.8 Å². The molecule has 0 unspecified atom stereocenters. The van der Waals surface area contributed by atoms with E-state index < -0.39 is 0 Å². The van der Waals surface area contributed by atoms with Crippen LogP contribution in [0.25, 0.3) is 0 Å². The molecule has 0 saturated carbocycles. The summed E-state index contributed by atoms with van der Waals surface area (Å²) in [6.07, 6.45) is 1.63. The molecule has 1 aromatic heterocycles. The fourth-order valence-electron chi connectivity index (χ4n) is 2.35. The summed E-state index contributed by atoms with van der Waals surface area (Å²) in [6, 6.07) is 18.2. The molecule has 2 N–H and O–H groups in total. The van der Waals surface area contributed by atoms with Crippen molar-refractivity contribution in [3.8, 4) is 12.1 Å². The zero-order valence-corrected chi connectivity index (χ0v) is 15.6. The number of benzene rings is 2. The largest absolute Gasteiger partial charge is 0.325 e. The van der Waals surface area contributed by atoms with Crippen molar-refractivity contribution < 1.29 is 4.79 Å². The van der Waals surface area contributed by atoms with Gasteiger partial charge in [-0.2, -0.15) is 10.5 Å². The number of aromatic nitrogens is 2. The van der Waals surface area contributed by atoms with Gasteiger partial charge in [-0.1, -0.05) is 17.8 Å². The van der Waals surface area contributed by atoms with Gasteiger partial charge in [-0.15, -0.1) is 0 Å². The molecule has 0 aliphatic rings. The molecule has 0 radical (unpaired) electrons. The Bertz CT molecular complexity index is 1120. The zero-order valence-electron chi connectivity index (χ0n) is 14.8. The van der Waals surface area contributed by atoms with Gasteiger partial charge >= 0.3 is 0 Å². The summed E-state index contributed by atoms with van der Waals surface area (Å²) in [5.41, 5.74) is 2.11. The number of hydrogen-bond donors (Lipinski definition) is 2. The second-order valence-corrected chi connectivity index (χ2v) is 6.73. The number of nitriles is 2. The lowest BCUT2D eigenvalue weighted by atomic mass is 10.2. The lowest BCUT2D eigenvalue weighted by Gasteiger charge is -2.08. The first-order valence-corrected chi connectivity index (χ1v) is 8.99. The molecule has 0 atom stereocenters. The van der Waals surface area contributed by atoms with Crippen molar-refractivity contribution in [3.05, 3.63) is 65.9 Å². The minimum Gasteiger partial charge on any atom is -0.325 e. The Hall–Kier alpha value is -3.88. The molecule has 8 heteroatoms. The first kappa shape index (κ1) is 18.9. The number of carbonyl (C=O) groups excluding carboxylic acids is 1. The topological polar surface area (TPSA) is 114 Å². The molecule has 136 valence electrons. The summed E-state index contributed by atoms with van der Waals surface area (Å²) in [5, 5.41) is 24.7. The van der Waals surface area contributed by atoms with Gasteiger partial charge in [-0.3, -0.25) is 4.79 Å². The number of nitrogens with one attached hydrogen (secondary N) is 2. The first-order valence-electron chi connectivity index (χ1n) is 8.17. The second kappa shape index (κ2) is 8.67. The Morgan fingerprint density at radius 1 is 1.11 bits per heavy atom. The van der Waals surface area contributed by atoms with Gasteiger partial charge in [0, 0.05) is 23.7 Å². The predicted octanol–water partition coefficient (Wildman–Crippen LogP) is 4.07. The summed E-state index contributed by atoms with van der Waals surface area (Å²) in [5.74, 6) is 0.166. The zero-order chi connectivity index (χ0) is 19.9. The van der Waals surface area contributed by atoms with Crippen LogP contribution in [0.4, 0.5) is 17.3 Å². The van der Waals surface area contributed by atoms with Gasteiger partial charge < -0.3 is 10.6 Å². The van der Waals surface area contributed by atoms with Crippen molar-refractivity contribution in [3.63, 3.8) is 0 Å². The Morgan fingerprint density at radius 2 is 1.96 bits per heavy atom. The maximum Gasteiger partial charge on any atom is 0.228 e. The van der Waals surface area contributed by atoms with Crippen LogP contribution in [0.3, 0.4) is 0 Å². The smallest absolute Gasteiger partial charge is 0.228 e. The van der Waals surface area contributed by atoms with Crippen molar-refractivity contribution in [1.29, 1.82) is 10.5 Å². The van der Waals surface area contributed by atoms with Crippen LogP contribution in [-0.4, -0.2) is 15.9 Å². The van der Waals surface area contributed by atoms with Gasteiger partial charge in [-0.25, -0.2) is 9.97 Å². The molecule has 0 aliphatic carbocycles. The number of hydrogen-bond acceptors (Lipinski definition) is 7. The quantitative estimate of drug-likeness (QED) is 0.635. The average molecular weight is 386 g/mol. The van der Waals surface area contributed by atoms with E-state index in [0.717, 1.165) is 4.90 Å². The van der Waals surface area contributed by atoms with Crippen molar-refractivity contribution >= 4 is 35.0 Å². The highest BCUT2D eigenvalue weighted by Gasteiger charge is 2.08. The van der Waals surface area contributed by atoms with Gasteiger partial charge in [0.1, 0.15) is 11.1 Å². The summed E-state index contributed by atoms with van der Waals surface area (Å²) in [6.45, 7) is 1.39. The summed E-state index contributed by atoms with van der Waals surface area (Å²) >= 11 is 1.37. The number of carbonyl (C=O) groups is 1. The molecule has 0 bridgehead atoms. The Balaban J connectivity index is 1.78. The molecule has 3 rings (SSSR count). The van der Waals surface area contributed by atoms with E-state index in [9.17, 15) is 10.1 Å². The lowest BCUT2D eigenvalue weighted by Crippen LogP contribution is -2.07. The standard InChI is InChI=1S/C20H14N6OS/c1-13(27)24-18-6-5-17(10-15(18)12-22)28-19-7-8-23-20(26-19)25-16-4-2-3-14(9-16)11-21/h2-10H,1H3,(H,24,27)(H,23,25,26). The van der Waals surface area contributed by atoms with E-state index in [1.54, 1.807) is 42.6 Å². The molecular weight excluding hydrogens is 372 g/mol. The number of rotatable bonds is 5. The van der Waals surface area contributed by atoms with E-state index in [2.05, 4.69) is 32.7 Å². The maximum atomic E-state index is 11.2. The van der Waals surface area contributed by atoms with Crippen molar-refractivity contribution in [2.75, 3.05) is 10.6 Å². The molecule has 7 nitrogen and oxygen atoms in total. The second-order valence-electron chi connectivity index (χ2n) is 5.64. The molecule has 0 spiro atoms. The number of nitrogens with zero attached hydrogens (tertiary/aromatic N) is 4. The summed E-state index contributed by atoms with van der Waals surface area (Å²) in [4.78, 5) is 20.7. The summed E-state index contributed by atoms with van der Waals surface area (Å²) < 4.78 is 0. The minimum atomic E-state index is -0.233. The van der Waals surface area contributed by atoms with Crippen molar-refractivity contribution in [1.82, 2.24) is 9.97 Å². The fraction of sp³-hybridized carbons (Fsp3) is 0.0500. The third kappa shape index (κ3) is 4.85. The molecule has 2 aromatic carbocycles. The van der Waals surface area contributed by atoms with Gasteiger partial charge in [0.2, 0.25) is 11.9 Å². The maximum absolute atomic E-state index is 11.2. The third-order valence-electron chi connectivity index (χ3n) is 3.52. The van der Waals surface area contributed by atoms with Crippen LogP contribution in [0.1, 0.15) is 18.1 Å². The molecule has 1 amide bonds. The van der Waals surface area contributed by atoms with Crippen LogP contribution in [0.5, 0.6) is 0 Å². The highest BCUT2D eigenvalue weighted by Crippen LogP contribution is 2.30.